The summed E-state index contributed by atoms with van der Waals surface area (Å²) in [5.74, 6) is -0.271. The smallest absolute Gasteiger partial charge is 0 e. The molecule has 0 N–H and O–H groups in total. The van der Waals surface area contributed by atoms with E-state index < -0.39 is 8.32 Å². The minimum atomic E-state index is -1.99. The van der Waals surface area contributed by atoms with Gasteiger partial charge < -0.3 is 9.16 Å². The van der Waals surface area contributed by atoms with E-state index in [1.165, 1.54) is 6.92 Å². The Morgan fingerprint density at radius 1 is 0.789 bits per heavy atom. The summed E-state index contributed by atoms with van der Waals surface area (Å²) in [6, 6.07) is 0. The largest absolute Gasteiger partial charge is 0 e. The third kappa shape index (κ3) is 21.7. The van der Waals surface area contributed by atoms with Crippen molar-refractivity contribution in [1.29, 1.82) is 0 Å². The van der Waals surface area contributed by atoms with Crippen LogP contribution in [-0.2, 0) is 75.4 Å². The average molecular weight is 639 g/mol. The van der Waals surface area contributed by atoms with Crippen LogP contribution in [-0.4, -0.2) is 26.5 Å². The Hall–Kier alpha value is -1.16. The van der Waals surface area contributed by atoms with Crippen LogP contribution in [0.15, 0.2) is 0 Å². The monoisotopic (exact) mass is 638 g/mol. The topological polar surface area (TPSA) is 155 Å². The molecule has 1 aliphatic carbocycles. The summed E-state index contributed by atoms with van der Waals surface area (Å²) in [6.45, 7) is 46.7. The van der Waals surface area contributed by atoms with Gasteiger partial charge in [-0.2, -0.15) is 0 Å². The minimum absolute atomic E-state index is 0. The van der Waals surface area contributed by atoms with Gasteiger partial charge in [-0.15, -0.1) is 0 Å². The first kappa shape index (κ1) is 56.9. The number of allylic oxidation sites excluding steroid dienone is 1. The Labute approximate surface area is 250 Å². The molecule has 0 heterocycles. The van der Waals surface area contributed by atoms with Gasteiger partial charge in [0.15, 0.2) is 0 Å². The zero-order valence-corrected chi connectivity index (χ0v) is 26.2. The molecule has 1 rings (SSSR count). The third-order valence-corrected chi connectivity index (χ3v) is 11.6. The first-order valence-corrected chi connectivity index (χ1v) is 12.6. The minimum Gasteiger partial charge on any atom is 0 e. The fourth-order valence-electron chi connectivity index (χ4n) is 4.22. The quantitative estimate of drug-likeness (QED) is 0.169. The number of esters is 1. The molecule has 2 atom stereocenters. The van der Waals surface area contributed by atoms with E-state index in [1.54, 1.807) is 0 Å². The second-order valence-electron chi connectivity index (χ2n) is 8.74. The standard InChI is InChI=1S/C20H36O3Si.6CO.2Co/c1-14(2)24(15(3)4,16(5)6)23-19-13-18(22-17(7)21)11-10-12-20(19,8)9;6*1-2;;/h14-16,18-19H,12-13H2,1-9H3;;;;;;;;/t18-,19-;;;;;;;;/m0......../s1. The Balaban J connectivity index is -0.0000000940. The van der Waals surface area contributed by atoms with Gasteiger partial charge in [0, 0.05) is 53.0 Å². The van der Waals surface area contributed by atoms with Crippen LogP contribution in [0, 0.1) is 57.5 Å². The van der Waals surface area contributed by atoms with Crippen molar-refractivity contribution in [2.45, 2.75) is 104 Å². The van der Waals surface area contributed by atoms with Crippen LogP contribution in [0.4, 0.5) is 0 Å². The Morgan fingerprint density at radius 3 is 1.37 bits per heavy atom. The number of hydrogen-bond donors (Lipinski definition) is 0. The summed E-state index contributed by atoms with van der Waals surface area (Å²) in [4.78, 5) is 11.4. The van der Waals surface area contributed by atoms with Crippen molar-refractivity contribution >= 4 is 14.3 Å². The van der Waals surface area contributed by atoms with Crippen LogP contribution >= 0.6 is 0 Å². The third-order valence-electron chi connectivity index (χ3n) is 5.47. The maximum Gasteiger partial charge on any atom is 0 e. The molecule has 9 nitrogen and oxygen atoms in total. The van der Waals surface area contributed by atoms with Gasteiger partial charge in [-0.3, -0.25) is 4.79 Å². The van der Waals surface area contributed by atoms with Crippen LogP contribution in [0.2, 0.25) is 16.6 Å². The van der Waals surface area contributed by atoms with Gasteiger partial charge in [0.2, 0.25) is 8.32 Å². The van der Waals surface area contributed by atoms with Gasteiger partial charge in [-0.25, -0.2) is 0 Å². The van der Waals surface area contributed by atoms with Crippen molar-refractivity contribution < 1.29 is 75.4 Å². The molecule has 0 aliphatic heterocycles. The molecule has 0 aromatic rings. The van der Waals surface area contributed by atoms with Crippen molar-refractivity contribution in [3.63, 3.8) is 0 Å². The summed E-state index contributed by atoms with van der Waals surface area (Å²) in [5.41, 5.74) is 1.55. The Morgan fingerprint density at radius 2 is 1.11 bits per heavy atom. The first-order chi connectivity index (χ1) is 16.9. The summed E-state index contributed by atoms with van der Waals surface area (Å²) in [6.07, 6.45) is 7.45. The van der Waals surface area contributed by atoms with Gasteiger partial charge >= 0.3 is 73.8 Å². The first-order valence-electron chi connectivity index (χ1n) is 10.5. The van der Waals surface area contributed by atoms with Crippen LogP contribution in [0.25, 0.3) is 0 Å². The molecule has 0 fully saturated rings. The normalized spacial score (nSPS) is 15.8. The average Bonchev–Trinajstić information content (AvgIpc) is 3.01. The molecule has 0 spiro atoms. The van der Waals surface area contributed by atoms with Crippen LogP contribution in [0.1, 0.15) is 75.2 Å². The molecule has 0 amide bonds. The van der Waals surface area contributed by atoms with Crippen molar-refractivity contribution in [1.82, 2.24) is 0 Å². The van der Waals surface area contributed by atoms with Gasteiger partial charge in [-0.05, 0) is 34.5 Å². The van der Waals surface area contributed by atoms with Crippen molar-refractivity contribution in [2.75, 3.05) is 0 Å². The molecule has 0 saturated heterocycles. The molecule has 12 heteroatoms. The number of ether oxygens (including phenoxy) is 1. The summed E-state index contributed by atoms with van der Waals surface area (Å²) < 4.78 is 57.5. The zero-order chi connectivity index (χ0) is 30.7. The van der Waals surface area contributed by atoms with Gasteiger partial charge in [0.1, 0.15) is 6.10 Å². The van der Waals surface area contributed by atoms with E-state index in [0.29, 0.717) is 23.0 Å². The fourth-order valence-corrected chi connectivity index (χ4v) is 9.94. The maximum absolute atomic E-state index is 11.4. The second-order valence-corrected chi connectivity index (χ2v) is 14.2. The van der Waals surface area contributed by atoms with E-state index in [1.807, 2.05) is 0 Å². The number of carbonyl (C=O) groups is 1. The summed E-state index contributed by atoms with van der Waals surface area (Å²) >= 11 is 0. The summed E-state index contributed by atoms with van der Waals surface area (Å²) in [5, 5.41) is 0. The predicted octanol–water partition coefficient (Wildman–Crippen LogP) is 5.23. The van der Waals surface area contributed by atoms with Crippen LogP contribution in [0.3, 0.4) is 0 Å². The molecule has 0 saturated carbocycles. The van der Waals surface area contributed by atoms with Crippen LogP contribution < -0.4 is 0 Å². The van der Waals surface area contributed by atoms with Crippen LogP contribution in [0.5, 0.6) is 0 Å². The van der Waals surface area contributed by atoms with Crippen molar-refractivity contribution in [3.8, 4) is 0 Å². The molecule has 4 radical (unpaired) electrons. The van der Waals surface area contributed by atoms with Crippen molar-refractivity contribution in [2.24, 2.45) is 5.41 Å². The number of carbonyl (C=O) groups excluding carboxylic acids is 1. The number of hydrogen-bond acceptors (Lipinski definition) is 3. The van der Waals surface area contributed by atoms with Gasteiger partial charge in [0.05, 0.1) is 6.10 Å². The van der Waals surface area contributed by atoms with E-state index in [2.05, 4.69) is 107 Å². The van der Waals surface area contributed by atoms with E-state index in [9.17, 15) is 4.79 Å². The molecular formula is C26H36Co2O9Si. The zero-order valence-electron chi connectivity index (χ0n) is 23.1. The van der Waals surface area contributed by atoms with E-state index >= 15 is 0 Å². The summed E-state index contributed by atoms with van der Waals surface area (Å²) in [7, 11) is -1.99. The Bertz CT molecular complexity index is 639. The molecule has 38 heavy (non-hydrogen) atoms. The fraction of sp³-hybridized carbons (Fsp3) is 0.654. The van der Waals surface area contributed by atoms with Crippen molar-refractivity contribution in [3.05, 3.63) is 52.1 Å². The molecule has 0 aromatic carbocycles. The van der Waals surface area contributed by atoms with E-state index in [-0.39, 0.29) is 57.1 Å². The SMILES string of the molecule is CC(=O)O[C@H]1[C]=[C]CC(C)(C)[C@@H](O[Si](C(C)C)(C(C)C)C(C)C)C1.[C-]#[O+].[C-]#[O+].[C-]#[O+].[C-]#[O+].[C-]#[O+].[C-]#[O+].[Co].[Co]. The molecule has 0 aromatic heterocycles. The van der Waals surface area contributed by atoms with Gasteiger partial charge in [0.25, 0.3) is 0 Å². The van der Waals surface area contributed by atoms with E-state index in [0.717, 1.165) is 6.42 Å². The predicted molar refractivity (Wildman–Crippen MR) is 125 cm³/mol. The molecular weight excluding hydrogens is 602 g/mol. The molecule has 0 unspecified atom stereocenters. The van der Waals surface area contributed by atoms with Gasteiger partial charge in [-0.1, -0.05) is 55.4 Å². The second kappa shape index (κ2) is 35.8. The molecule has 216 valence electrons. The maximum atomic E-state index is 11.4. The Kier molecular flexibility index (Phi) is 53.7. The number of rotatable bonds is 6. The molecule has 0 bridgehead atoms. The van der Waals surface area contributed by atoms with E-state index in [4.69, 9.17) is 37.1 Å². The molecule has 1 aliphatic rings.